The minimum absolute atomic E-state index is 0.206. The lowest BCUT2D eigenvalue weighted by Gasteiger charge is -2.06. The zero-order valence-corrected chi connectivity index (χ0v) is 13.8. The zero-order chi connectivity index (χ0) is 16.2. The molecule has 0 unspecified atom stereocenters. The summed E-state index contributed by atoms with van der Waals surface area (Å²) >= 11 is 3.36. The number of aromatic amines is 2. The Morgan fingerprint density at radius 3 is 2.48 bits per heavy atom. The highest BCUT2D eigenvalue weighted by molar-refractivity contribution is 9.10. The summed E-state index contributed by atoms with van der Waals surface area (Å²) in [6, 6.07) is 14.7. The molecule has 116 valence electrons. The molecule has 0 saturated heterocycles. The zero-order valence-electron chi connectivity index (χ0n) is 12.2. The molecule has 2 N–H and O–H groups in total. The molecule has 1 heterocycles. The SMILES string of the molecule is COc1ccccc1-c1[nH][nH]c(=O)c1N=Nc1ccc(Br)cc1. The summed E-state index contributed by atoms with van der Waals surface area (Å²) in [5.74, 6) is 0.642. The van der Waals surface area contributed by atoms with Crippen molar-refractivity contribution in [1.82, 2.24) is 10.2 Å². The Kier molecular flexibility index (Phi) is 4.38. The van der Waals surface area contributed by atoms with Crippen LogP contribution in [0.3, 0.4) is 0 Å². The number of benzene rings is 2. The van der Waals surface area contributed by atoms with Gasteiger partial charge in [0.1, 0.15) is 5.75 Å². The number of aromatic nitrogens is 2. The van der Waals surface area contributed by atoms with Crippen LogP contribution in [0.25, 0.3) is 11.3 Å². The molecule has 1 aromatic heterocycles. The highest BCUT2D eigenvalue weighted by atomic mass is 79.9. The van der Waals surface area contributed by atoms with E-state index in [0.29, 0.717) is 17.1 Å². The number of hydrogen-bond acceptors (Lipinski definition) is 4. The van der Waals surface area contributed by atoms with Gasteiger partial charge >= 0.3 is 0 Å². The first-order valence-electron chi connectivity index (χ1n) is 6.80. The molecule has 0 fully saturated rings. The van der Waals surface area contributed by atoms with Crippen LogP contribution in [0.2, 0.25) is 0 Å². The van der Waals surface area contributed by atoms with Gasteiger partial charge in [0.25, 0.3) is 5.56 Å². The molecule has 0 radical (unpaired) electrons. The number of para-hydroxylation sites is 1. The minimum Gasteiger partial charge on any atom is -0.496 e. The Morgan fingerprint density at radius 1 is 1.00 bits per heavy atom. The number of ether oxygens (including phenoxy) is 1. The van der Waals surface area contributed by atoms with E-state index in [1.165, 1.54) is 0 Å². The number of rotatable bonds is 4. The molecule has 3 aromatic rings. The fourth-order valence-electron chi connectivity index (χ4n) is 2.11. The van der Waals surface area contributed by atoms with Gasteiger partial charge in [0.15, 0.2) is 5.69 Å². The van der Waals surface area contributed by atoms with Crippen molar-refractivity contribution in [3.63, 3.8) is 0 Å². The Balaban J connectivity index is 2.02. The van der Waals surface area contributed by atoms with Gasteiger partial charge in [0.05, 0.1) is 18.5 Å². The monoisotopic (exact) mass is 372 g/mol. The molecule has 0 aliphatic heterocycles. The first-order chi connectivity index (χ1) is 11.2. The van der Waals surface area contributed by atoms with Gasteiger partial charge in [-0.1, -0.05) is 28.1 Å². The van der Waals surface area contributed by atoms with Crippen LogP contribution in [-0.4, -0.2) is 17.3 Å². The molecule has 0 bridgehead atoms. The fraction of sp³-hybridized carbons (Fsp3) is 0.0625. The van der Waals surface area contributed by atoms with E-state index in [0.717, 1.165) is 10.0 Å². The Bertz CT molecular complexity index is 897. The van der Waals surface area contributed by atoms with Crippen LogP contribution in [0.4, 0.5) is 11.4 Å². The highest BCUT2D eigenvalue weighted by Gasteiger charge is 2.15. The number of H-pyrrole nitrogens is 2. The predicted octanol–water partition coefficient (Wildman–Crippen LogP) is 4.56. The molecule has 0 atom stereocenters. The molecule has 0 aliphatic carbocycles. The van der Waals surface area contributed by atoms with Crippen LogP contribution in [0.15, 0.2) is 68.0 Å². The van der Waals surface area contributed by atoms with Crippen molar-refractivity contribution in [3.05, 3.63) is 63.4 Å². The summed E-state index contributed by atoms with van der Waals surface area (Å²) in [7, 11) is 1.58. The van der Waals surface area contributed by atoms with Gasteiger partial charge in [-0.05, 0) is 36.4 Å². The molecule has 7 heteroatoms. The van der Waals surface area contributed by atoms with E-state index in [4.69, 9.17) is 4.74 Å². The van der Waals surface area contributed by atoms with Crippen molar-refractivity contribution in [3.8, 4) is 17.0 Å². The van der Waals surface area contributed by atoms with Gasteiger partial charge in [0, 0.05) is 10.0 Å². The van der Waals surface area contributed by atoms with E-state index >= 15 is 0 Å². The quantitative estimate of drug-likeness (QED) is 0.658. The fourth-order valence-corrected chi connectivity index (χ4v) is 2.37. The maximum Gasteiger partial charge on any atom is 0.292 e. The molecule has 3 rings (SSSR count). The third-order valence-electron chi connectivity index (χ3n) is 3.22. The third kappa shape index (κ3) is 3.24. The van der Waals surface area contributed by atoms with Crippen molar-refractivity contribution in [2.75, 3.05) is 7.11 Å². The van der Waals surface area contributed by atoms with E-state index < -0.39 is 0 Å². The molecule has 23 heavy (non-hydrogen) atoms. The summed E-state index contributed by atoms with van der Waals surface area (Å²) in [5.41, 5.74) is 1.79. The van der Waals surface area contributed by atoms with E-state index in [1.807, 2.05) is 36.4 Å². The van der Waals surface area contributed by atoms with Crippen molar-refractivity contribution >= 4 is 27.3 Å². The number of halogens is 1. The number of methoxy groups -OCH3 is 1. The molecule has 6 nitrogen and oxygen atoms in total. The first kappa shape index (κ1) is 15.2. The normalized spacial score (nSPS) is 11.0. The maximum atomic E-state index is 12.0. The summed E-state index contributed by atoms with van der Waals surface area (Å²) in [6.45, 7) is 0. The molecule has 0 amide bonds. The van der Waals surface area contributed by atoms with Crippen LogP contribution in [0.1, 0.15) is 0 Å². The summed E-state index contributed by atoms with van der Waals surface area (Å²) in [4.78, 5) is 12.0. The van der Waals surface area contributed by atoms with Crippen LogP contribution >= 0.6 is 15.9 Å². The van der Waals surface area contributed by atoms with E-state index in [9.17, 15) is 4.79 Å². The highest BCUT2D eigenvalue weighted by Crippen LogP contribution is 2.33. The second-order valence-corrected chi connectivity index (χ2v) is 5.60. The summed E-state index contributed by atoms with van der Waals surface area (Å²) in [6.07, 6.45) is 0. The molecule has 0 spiro atoms. The summed E-state index contributed by atoms with van der Waals surface area (Å²) in [5, 5.41) is 13.6. The lowest BCUT2D eigenvalue weighted by atomic mass is 10.1. The van der Waals surface area contributed by atoms with E-state index in [1.54, 1.807) is 19.2 Å². The van der Waals surface area contributed by atoms with Gasteiger partial charge in [-0.2, -0.15) is 5.11 Å². The second-order valence-electron chi connectivity index (χ2n) is 4.68. The molecule has 0 aliphatic rings. The van der Waals surface area contributed by atoms with E-state index in [-0.39, 0.29) is 11.2 Å². The van der Waals surface area contributed by atoms with E-state index in [2.05, 4.69) is 36.4 Å². The van der Waals surface area contributed by atoms with Crippen LogP contribution in [0, 0.1) is 0 Å². The van der Waals surface area contributed by atoms with Crippen LogP contribution < -0.4 is 10.3 Å². The Hall–Kier alpha value is -2.67. The second kappa shape index (κ2) is 6.62. The van der Waals surface area contributed by atoms with Gasteiger partial charge in [-0.25, -0.2) is 0 Å². The average Bonchev–Trinajstić information content (AvgIpc) is 2.95. The van der Waals surface area contributed by atoms with Crippen molar-refractivity contribution in [2.45, 2.75) is 0 Å². The Labute approximate surface area is 140 Å². The lowest BCUT2D eigenvalue weighted by molar-refractivity contribution is 0.416. The van der Waals surface area contributed by atoms with Gasteiger partial charge < -0.3 is 4.74 Å². The van der Waals surface area contributed by atoms with Gasteiger partial charge in [-0.15, -0.1) is 5.11 Å². The molecular weight excluding hydrogens is 360 g/mol. The lowest BCUT2D eigenvalue weighted by Crippen LogP contribution is -1.96. The maximum absolute atomic E-state index is 12.0. The van der Waals surface area contributed by atoms with Crippen molar-refractivity contribution in [1.29, 1.82) is 0 Å². The molecule has 0 saturated carbocycles. The van der Waals surface area contributed by atoms with Crippen LogP contribution in [0.5, 0.6) is 5.75 Å². The first-order valence-corrected chi connectivity index (χ1v) is 7.59. The third-order valence-corrected chi connectivity index (χ3v) is 3.75. The smallest absolute Gasteiger partial charge is 0.292 e. The predicted molar refractivity (Wildman–Crippen MR) is 91.7 cm³/mol. The van der Waals surface area contributed by atoms with Crippen LogP contribution in [-0.2, 0) is 0 Å². The van der Waals surface area contributed by atoms with Crippen molar-refractivity contribution < 1.29 is 4.74 Å². The number of azo groups is 1. The standard InChI is InChI=1S/C16H13BrN4O2/c1-23-13-5-3-2-4-12(13)14-15(16(22)21-19-14)20-18-11-8-6-10(17)7-9-11/h2-9H,1H3,(H2,19,21,22). The molecule has 2 aromatic carbocycles. The van der Waals surface area contributed by atoms with Gasteiger partial charge in [-0.3, -0.25) is 15.0 Å². The van der Waals surface area contributed by atoms with Gasteiger partial charge in [0.2, 0.25) is 0 Å². The number of nitrogens with zero attached hydrogens (tertiary/aromatic N) is 2. The number of hydrogen-bond donors (Lipinski definition) is 2. The molecular formula is C16H13BrN4O2. The average molecular weight is 373 g/mol. The van der Waals surface area contributed by atoms with Crippen molar-refractivity contribution in [2.24, 2.45) is 10.2 Å². The number of nitrogens with one attached hydrogen (secondary N) is 2. The topological polar surface area (TPSA) is 82.6 Å². The Morgan fingerprint density at radius 2 is 1.74 bits per heavy atom. The minimum atomic E-state index is -0.341. The summed E-state index contributed by atoms with van der Waals surface area (Å²) < 4.78 is 6.28. The largest absolute Gasteiger partial charge is 0.496 e.